The van der Waals surface area contributed by atoms with Crippen molar-refractivity contribution in [3.05, 3.63) is 48.2 Å². The Morgan fingerprint density at radius 3 is 2.89 bits per heavy atom. The maximum atomic E-state index is 12.4. The van der Waals surface area contributed by atoms with E-state index in [1.165, 1.54) is 0 Å². The molecule has 9 heteroatoms. The standard InChI is InChI=1S/C19H24N6O3/c1-13(2)25-12-21-22-18(25)11-24(3)19(26)20-10-14-9-16(23-28-14)15-7-5-6-8-17(15)27-4/h5-9,12-13H,10-11H2,1-4H3,(H,20,26). The third kappa shape index (κ3) is 4.30. The van der Waals surface area contributed by atoms with Crippen LogP contribution in [-0.2, 0) is 13.1 Å². The number of methoxy groups -OCH3 is 1. The van der Waals surface area contributed by atoms with Crippen LogP contribution in [0, 0.1) is 0 Å². The lowest BCUT2D eigenvalue weighted by molar-refractivity contribution is 0.203. The summed E-state index contributed by atoms with van der Waals surface area (Å²) in [6, 6.07) is 9.32. The third-order valence-electron chi connectivity index (χ3n) is 4.28. The normalized spacial score (nSPS) is 10.9. The lowest BCUT2D eigenvalue weighted by Crippen LogP contribution is -2.37. The van der Waals surface area contributed by atoms with Crippen molar-refractivity contribution in [2.45, 2.75) is 33.0 Å². The lowest BCUT2D eigenvalue weighted by atomic mass is 10.1. The zero-order valence-corrected chi connectivity index (χ0v) is 16.4. The van der Waals surface area contributed by atoms with Crippen LogP contribution in [0.4, 0.5) is 4.79 Å². The van der Waals surface area contributed by atoms with Crippen molar-refractivity contribution in [2.75, 3.05) is 14.2 Å². The van der Waals surface area contributed by atoms with Gasteiger partial charge in [-0.1, -0.05) is 17.3 Å². The van der Waals surface area contributed by atoms with Gasteiger partial charge in [0, 0.05) is 24.7 Å². The predicted molar refractivity (Wildman–Crippen MR) is 103 cm³/mol. The molecule has 0 radical (unpaired) electrons. The SMILES string of the molecule is COc1ccccc1-c1cc(CNC(=O)N(C)Cc2nncn2C(C)C)on1. The van der Waals surface area contributed by atoms with E-state index >= 15 is 0 Å². The number of amides is 2. The molecule has 1 aromatic carbocycles. The first-order chi connectivity index (χ1) is 13.5. The Hall–Kier alpha value is -3.36. The predicted octanol–water partition coefficient (Wildman–Crippen LogP) is 2.86. The molecule has 9 nitrogen and oxygen atoms in total. The smallest absolute Gasteiger partial charge is 0.317 e. The molecule has 0 saturated heterocycles. The van der Waals surface area contributed by atoms with Crippen LogP contribution in [0.25, 0.3) is 11.3 Å². The van der Waals surface area contributed by atoms with E-state index in [1.807, 2.05) is 42.7 Å². The fourth-order valence-electron chi connectivity index (χ4n) is 2.77. The highest BCUT2D eigenvalue weighted by Gasteiger charge is 2.16. The van der Waals surface area contributed by atoms with Crippen molar-refractivity contribution >= 4 is 6.03 Å². The quantitative estimate of drug-likeness (QED) is 0.673. The van der Waals surface area contributed by atoms with Gasteiger partial charge in [0.2, 0.25) is 0 Å². The van der Waals surface area contributed by atoms with Gasteiger partial charge in [-0.3, -0.25) is 0 Å². The number of urea groups is 1. The van der Waals surface area contributed by atoms with Gasteiger partial charge >= 0.3 is 6.03 Å². The van der Waals surface area contributed by atoms with Crippen molar-refractivity contribution in [3.63, 3.8) is 0 Å². The zero-order chi connectivity index (χ0) is 20.1. The van der Waals surface area contributed by atoms with E-state index < -0.39 is 0 Å². The van der Waals surface area contributed by atoms with Crippen LogP contribution in [0.3, 0.4) is 0 Å². The van der Waals surface area contributed by atoms with Crippen LogP contribution in [-0.4, -0.2) is 45.0 Å². The summed E-state index contributed by atoms with van der Waals surface area (Å²) < 4.78 is 12.6. The van der Waals surface area contributed by atoms with Gasteiger partial charge in [-0.05, 0) is 26.0 Å². The zero-order valence-electron chi connectivity index (χ0n) is 16.4. The summed E-state index contributed by atoms with van der Waals surface area (Å²) in [5, 5.41) is 14.9. The van der Waals surface area contributed by atoms with Crippen LogP contribution in [0.2, 0.25) is 0 Å². The fraction of sp³-hybridized carbons (Fsp3) is 0.368. The van der Waals surface area contributed by atoms with Gasteiger partial charge in [0.15, 0.2) is 11.6 Å². The second-order valence-electron chi connectivity index (χ2n) is 6.64. The molecule has 0 saturated carbocycles. The number of hydrogen-bond donors (Lipinski definition) is 1. The van der Waals surface area contributed by atoms with Crippen molar-refractivity contribution in [2.24, 2.45) is 0 Å². The number of benzene rings is 1. The third-order valence-corrected chi connectivity index (χ3v) is 4.28. The number of carbonyl (C=O) groups excluding carboxylic acids is 1. The molecule has 2 aromatic heterocycles. The maximum Gasteiger partial charge on any atom is 0.317 e. The molecule has 0 unspecified atom stereocenters. The van der Waals surface area contributed by atoms with E-state index in [-0.39, 0.29) is 18.6 Å². The molecule has 0 spiro atoms. The highest BCUT2D eigenvalue weighted by molar-refractivity contribution is 5.73. The second-order valence-corrected chi connectivity index (χ2v) is 6.64. The molecule has 2 amide bonds. The van der Waals surface area contributed by atoms with E-state index in [9.17, 15) is 4.79 Å². The van der Waals surface area contributed by atoms with Gasteiger partial charge in [-0.25, -0.2) is 4.79 Å². The number of hydrogen-bond acceptors (Lipinski definition) is 6. The van der Waals surface area contributed by atoms with Crippen molar-refractivity contribution in [3.8, 4) is 17.0 Å². The summed E-state index contributed by atoms with van der Waals surface area (Å²) in [7, 11) is 3.31. The molecule has 0 fully saturated rings. The Bertz CT molecular complexity index is 933. The average Bonchev–Trinajstić information content (AvgIpc) is 3.35. The molecule has 0 atom stereocenters. The number of aromatic nitrogens is 4. The topological polar surface area (TPSA) is 98.3 Å². The first kappa shape index (κ1) is 19.4. The minimum absolute atomic E-state index is 0.224. The van der Waals surface area contributed by atoms with Gasteiger partial charge in [-0.15, -0.1) is 10.2 Å². The summed E-state index contributed by atoms with van der Waals surface area (Å²) in [5.74, 6) is 1.99. The summed E-state index contributed by atoms with van der Waals surface area (Å²) in [6.45, 7) is 4.65. The van der Waals surface area contributed by atoms with Crippen molar-refractivity contribution < 1.29 is 14.1 Å². The molecule has 0 aliphatic rings. The lowest BCUT2D eigenvalue weighted by Gasteiger charge is -2.18. The summed E-state index contributed by atoms with van der Waals surface area (Å²) >= 11 is 0. The molecule has 0 aliphatic heterocycles. The van der Waals surface area contributed by atoms with Crippen molar-refractivity contribution in [1.82, 2.24) is 30.1 Å². The maximum absolute atomic E-state index is 12.4. The largest absolute Gasteiger partial charge is 0.496 e. The molecule has 3 rings (SSSR count). The monoisotopic (exact) mass is 384 g/mol. The van der Waals surface area contributed by atoms with Gasteiger partial charge in [0.1, 0.15) is 17.8 Å². The molecule has 0 aliphatic carbocycles. The number of ether oxygens (including phenoxy) is 1. The van der Waals surface area contributed by atoms with Crippen LogP contribution in [0.5, 0.6) is 5.75 Å². The Morgan fingerprint density at radius 1 is 1.36 bits per heavy atom. The molecule has 1 N–H and O–H groups in total. The molecule has 0 bridgehead atoms. The average molecular weight is 384 g/mol. The molecule has 2 heterocycles. The minimum Gasteiger partial charge on any atom is -0.496 e. The molecule has 148 valence electrons. The first-order valence-electron chi connectivity index (χ1n) is 8.96. The number of nitrogens with one attached hydrogen (secondary N) is 1. The number of nitrogens with zero attached hydrogens (tertiary/aromatic N) is 5. The number of para-hydroxylation sites is 1. The van der Waals surface area contributed by atoms with Gasteiger partial charge in [-0.2, -0.15) is 0 Å². The second kappa shape index (κ2) is 8.55. The summed E-state index contributed by atoms with van der Waals surface area (Å²) in [6.07, 6.45) is 1.67. The van der Waals surface area contributed by atoms with Gasteiger partial charge < -0.3 is 24.0 Å². The van der Waals surface area contributed by atoms with E-state index in [2.05, 4.69) is 20.7 Å². The van der Waals surface area contributed by atoms with E-state index in [0.717, 1.165) is 11.4 Å². The fourth-order valence-corrected chi connectivity index (χ4v) is 2.77. The molecular formula is C19H24N6O3. The van der Waals surface area contributed by atoms with Crippen LogP contribution in [0.1, 0.15) is 31.5 Å². The molecule has 3 aromatic rings. The van der Waals surface area contributed by atoms with Crippen LogP contribution >= 0.6 is 0 Å². The Labute approximate surface area is 163 Å². The number of carbonyl (C=O) groups is 1. The van der Waals surface area contributed by atoms with Crippen LogP contribution in [0.15, 0.2) is 41.2 Å². The van der Waals surface area contributed by atoms with E-state index in [1.54, 1.807) is 31.5 Å². The van der Waals surface area contributed by atoms with Gasteiger partial charge in [0.25, 0.3) is 0 Å². The number of rotatable bonds is 7. The highest BCUT2D eigenvalue weighted by Crippen LogP contribution is 2.28. The first-order valence-corrected chi connectivity index (χ1v) is 8.96. The Kier molecular flexibility index (Phi) is 5.93. The molecular weight excluding hydrogens is 360 g/mol. The summed E-state index contributed by atoms with van der Waals surface area (Å²) in [5.41, 5.74) is 1.48. The molecule has 28 heavy (non-hydrogen) atoms. The minimum atomic E-state index is -0.242. The van der Waals surface area contributed by atoms with Crippen molar-refractivity contribution in [1.29, 1.82) is 0 Å². The highest BCUT2D eigenvalue weighted by atomic mass is 16.5. The summed E-state index contributed by atoms with van der Waals surface area (Å²) in [4.78, 5) is 13.9. The van der Waals surface area contributed by atoms with Crippen LogP contribution < -0.4 is 10.1 Å². The Balaban J connectivity index is 1.59. The van der Waals surface area contributed by atoms with E-state index in [4.69, 9.17) is 9.26 Å². The van der Waals surface area contributed by atoms with Gasteiger partial charge in [0.05, 0.1) is 20.2 Å². The Morgan fingerprint density at radius 2 is 2.14 bits per heavy atom. The van der Waals surface area contributed by atoms with E-state index in [0.29, 0.717) is 23.7 Å².